The van der Waals surface area contributed by atoms with Gasteiger partial charge in [0.25, 0.3) is 5.91 Å². The molecule has 1 fully saturated rings. The van der Waals surface area contributed by atoms with E-state index in [-0.39, 0.29) is 5.91 Å². The van der Waals surface area contributed by atoms with Gasteiger partial charge in [-0.2, -0.15) is 0 Å². The van der Waals surface area contributed by atoms with E-state index in [4.69, 9.17) is 14.2 Å². The predicted molar refractivity (Wildman–Crippen MR) is 97.0 cm³/mol. The molecule has 0 unspecified atom stereocenters. The number of nitrogens with zero attached hydrogens (tertiary/aromatic N) is 1. The number of carbonyl (C=O) groups is 1. The Morgan fingerprint density at radius 1 is 1.00 bits per heavy atom. The summed E-state index contributed by atoms with van der Waals surface area (Å²) >= 11 is 0. The molecule has 2 aromatic rings. The quantitative estimate of drug-likeness (QED) is 0.905. The Hall–Kier alpha value is -2.73. The molecule has 1 N–H and O–H groups in total. The van der Waals surface area contributed by atoms with Crippen LogP contribution < -0.4 is 19.7 Å². The summed E-state index contributed by atoms with van der Waals surface area (Å²) in [6, 6.07) is 12.9. The van der Waals surface area contributed by atoms with Crippen LogP contribution in [0.2, 0.25) is 0 Å². The third kappa shape index (κ3) is 4.22. The maximum atomic E-state index is 12.5. The van der Waals surface area contributed by atoms with Crippen LogP contribution in [0.25, 0.3) is 0 Å². The minimum absolute atomic E-state index is 0.212. The van der Waals surface area contributed by atoms with E-state index in [9.17, 15) is 4.79 Å². The molecule has 0 aliphatic carbocycles. The Balaban J connectivity index is 1.70. The van der Waals surface area contributed by atoms with Gasteiger partial charge in [0.05, 0.1) is 27.4 Å². The van der Waals surface area contributed by atoms with E-state index in [1.54, 1.807) is 32.4 Å². The fraction of sp³-hybridized carbons (Fsp3) is 0.316. The number of carbonyl (C=O) groups excluding carboxylic acids is 1. The molecule has 1 amide bonds. The molecule has 1 aliphatic rings. The third-order valence-electron chi connectivity index (χ3n) is 4.12. The summed E-state index contributed by atoms with van der Waals surface area (Å²) in [4.78, 5) is 14.8. The Morgan fingerprint density at radius 3 is 2.16 bits per heavy atom. The fourth-order valence-electron chi connectivity index (χ4n) is 2.72. The van der Waals surface area contributed by atoms with Gasteiger partial charge in [0.1, 0.15) is 11.5 Å². The molecule has 1 heterocycles. The average molecular weight is 342 g/mol. The number of methoxy groups -OCH3 is 2. The number of ether oxygens (including phenoxy) is 3. The van der Waals surface area contributed by atoms with E-state index in [0.717, 1.165) is 37.7 Å². The Kier molecular flexibility index (Phi) is 5.40. The van der Waals surface area contributed by atoms with E-state index in [1.165, 1.54) is 0 Å². The largest absolute Gasteiger partial charge is 0.497 e. The van der Waals surface area contributed by atoms with Crippen molar-refractivity contribution >= 4 is 17.3 Å². The zero-order valence-corrected chi connectivity index (χ0v) is 14.5. The van der Waals surface area contributed by atoms with Crippen molar-refractivity contribution in [3.8, 4) is 11.5 Å². The minimum atomic E-state index is -0.212. The number of hydrogen-bond acceptors (Lipinski definition) is 5. The van der Waals surface area contributed by atoms with Crippen LogP contribution >= 0.6 is 0 Å². The first-order valence-corrected chi connectivity index (χ1v) is 8.17. The lowest BCUT2D eigenvalue weighted by Gasteiger charge is -2.28. The van der Waals surface area contributed by atoms with Crippen molar-refractivity contribution in [2.45, 2.75) is 0 Å². The molecule has 2 aromatic carbocycles. The Labute approximate surface area is 147 Å². The fourth-order valence-corrected chi connectivity index (χ4v) is 2.72. The van der Waals surface area contributed by atoms with E-state index in [2.05, 4.69) is 10.2 Å². The topological polar surface area (TPSA) is 60.0 Å². The van der Waals surface area contributed by atoms with Gasteiger partial charge >= 0.3 is 0 Å². The van der Waals surface area contributed by atoms with Gasteiger partial charge in [0, 0.05) is 36.1 Å². The lowest BCUT2D eigenvalue weighted by atomic mass is 10.1. The molecule has 6 nitrogen and oxygen atoms in total. The van der Waals surface area contributed by atoms with Crippen LogP contribution in [0.1, 0.15) is 10.4 Å². The predicted octanol–water partition coefficient (Wildman–Crippen LogP) is 2.79. The maximum absolute atomic E-state index is 12.5. The highest BCUT2D eigenvalue weighted by molar-refractivity contribution is 6.04. The number of hydrogen-bond donors (Lipinski definition) is 1. The van der Waals surface area contributed by atoms with Gasteiger partial charge in [-0.05, 0) is 36.4 Å². The van der Waals surface area contributed by atoms with Crippen molar-refractivity contribution in [2.24, 2.45) is 0 Å². The number of amides is 1. The summed E-state index contributed by atoms with van der Waals surface area (Å²) in [5.74, 6) is 0.940. The third-order valence-corrected chi connectivity index (χ3v) is 4.12. The van der Waals surface area contributed by atoms with Crippen LogP contribution in [0.4, 0.5) is 11.4 Å². The highest BCUT2D eigenvalue weighted by atomic mass is 16.5. The number of rotatable bonds is 5. The molecule has 0 radical (unpaired) electrons. The SMILES string of the molecule is COc1cc(OC)cc(C(=O)Nc2ccc(N3CCOCC3)cc2)c1. The molecule has 0 saturated carbocycles. The average Bonchev–Trinajstić information content (AvgIpc) is 2.68. The Bertz CT molecular complexity index is 702. The van der Waals surface area contributed by atoms with Crippen LogP contribution in [-0.4, -0.2) is 46.4 Å². The second-order valence-electron chi connectivity index (χ2n) is 5.70. The standard InChI is InChI=1S/C19H22N2O4/c1-23-17-11-14(12-18(13-17)24-2)19(22)20-15-3-5-16(6-4-15)21-7-9-25-10-8-21/h3-6,11-13H,7-10H2,1-2H3,(H,20,22). The molecule has 1 saturated heterocycles. The maximum Gasteiger partial charge on any atom is 0.255 e. The molecular formula is C19H22N2O4. The van der Waals surface area contributed by atoms with E-state index >= 15 is 0 Å². The summed E-state index contributed by atoms with van der Waals surface area (Å²) in [7, 11) is 3.11. The number of morpholine rings is 1. The van der Waals surface area contributed by atoms with Crippen molar-refractivity contribution in [3.63, 3.8) is 0 Å². The van der Waals surface area contributed by atoms with E-state index in [0.29, 0.717) is 17.1 Å². The first-order valence-electron chi connectivity index (χ1n) is 8.17. The molecule has 0 spiro atoms. The van der Waals surface area contributed by atoms with Gasteiger partial charge in [-0.15, -0.1) is 0 Å². The van der Waals surface area contributed by atoms with Gasteiger partial charge in [-0.25, -0.2) is 0 Å². The normalized spacial score (nSPS) is 14.1. The number of anilines is 2. The van der Waals surface area contributed by atoms with Crippen LogP contribution in [0.3, 0.4) is 0 Å². The first-order chi connectivity index (χ1) is 12.2. The van der Waals surface area contributed by atoms with E-state index in [1.807, 2.05) is 24.3 Å². The van der Waals surface area contributed by atoms with Gasteiger partial charge < -0.3 is 24.4 Å². The highest BCUT2D eigenvalue weighted by Crippen LogP contribution is 2.24. The summed E-state index contributed by atoms with van der Waals surface area (Å²) in [6.07, 6.45) is 0. The lowest BCUT2D eigenvalue weighted by Crippen LogP contribution is -2.36. The Morgan fingerprint density at radius 2 is 1.60 bits per heavy atom. The van der Waals surface area contributed by atoms with Crippen molar-refractivity contribution in [3.05, 3.63) is 48.0 Å². The number of benzene rings is 2. The van der Waals surface area contributed by atoms with Gasteiger partial charge in [0.2, 0.25) is 0 Å². The minimum Gasteiger partial charge on any atom is -0.497 e. The van der Waals surface area contributed by atoms with E-state index < -0.39 is 0 Å². The smallest absolute Gasteiger partial charge is 0.255 e. The molecule has 6 heteroatoms. The van der Waals surface area contributed by atoms with Crippen molar-refractivity contribution in [1.82, 2.24) is 0 Å². The van der Waals surface area contributed by atoms with Crippen molar-refractivity contribution in [2.75, 3.05) is 50.7 Å². The van der Waals surface area contributed by atoms with Gasteiger partial charge in [-0.3, -0.25) is 4.79 Å². The second-order valence-corrected chi connectivity index (χ2v) is 5.70. The van der Waals surface area contributed by atoms with Crippen molar-refractivity contribution < 1.29 is 19.0 Å². The van der Waals surface area contributed by atoms with Crippen LogP contribution in [0.5, 0.6) is 11.5 Å². The zero-order valence-electron chi connectivity index (χ0n) is 14.5. The molecule has 0 aromatic heterocycles. The highest BCUT2D eigenvalue weighted by Gasteiger charge is 2.13. The van der Waals surface area contributed by atoms with Gasteiger partial charge in [0.15, 0.2) is 0 Å². The summed E-state index contributed by atoms with van der Waals surface area (Å²) in [6.45, 7) is 3.26. The number of nitrogens with one attached hydrogen (secondary N) is 1. The summed E-state index contributed by atoms with van der Waals surface area (Å²) < 4.78 is 15.8. The molecule has 0 atom stereocenters. The summed E-state index contributed by atoms with van der Waals surface area (Å²) in [5.41, 5.74) is 2.35. The molecule has 0 bridgehead atoms. The molecular weight excluding hydrogens is 320 g/mol. The van der Waals surface area contributed by atoms with Crippen LogP contribution in [-0.2, 0) is 4.74 Å². The molecule has 25 heavy (non-hydrogen) atoms. The molecule has 132 valence electrons. The van der Waals surface area contributed by atoms with Crippen LogP contribution in [0, 0.1) is 0 Å². The summed E-state index contributed by atoms with van der Waals surface area (Å²) in [5, 5.41) is 2.90. The molecule has 3 rings (SSSR count). The first kappa shape index (κ1) is 17.1. The van der Waals surface area contributed by atoms with Crippen molar-refractivity contribution in [1.29, 1.82) is 0 Å². The van der Waals surface area contributed by atoms with Gasteiger partial charge in [-0.1, -0.05) is 0 Å². The van der Waals surface area contributed by atoms with Crippen LogP contribution in [0.15, 0.2) is 42.5 Å². The zero-order chi connectivity index (χ0) is 17.6. The second kappa shape index (κ2) is 7.90. The molecule has 1 aliphatic heterocycles. The lowest BCUT2D eigenvalue weighted by molar-refractivity contribution is 0.102. The monoisotopic (exact) mass is 342 g/mol.